The summed E-state index contributed by atoms with van der Waals surface area (Å²) < 4.78 is 15.9. The van der Waals surface area contributed by atoms with Gasteiger partial charge in [-0.1, -0.05) is 30.3 Å². The lowest BCUT2D eigenvalue weighted by Crippen LogP contribution is -2.36. The third-order valence-electron chi connectivity index (χ3n) is 3.72. The number of carbonyl (C=O) groups excluding carboxylic acids is 1. The van der Waals surface area contributed by atoms with Crippen LogP contribution in [0.5, 0.6) is 17.2 Å². The van der Waals surface area contributed by atoms with Gasteiger partial charge in [0.05, 0.1) is 21.3 Å². The SMILES string of the molecule is COc1cc(CNC(=O)NCCc2ccccc2)cc(OC)c1OC. The molecule has 0 unspecified atom stereocenters. The zero-order chi connectivity index (χ0) is 18.1. The molecule has 2 rings (SSSR count). The van der Waals surface area contributed by atoms with E-state index in [-0.39, 0.29) is 6.03 Å². The van der Waals surface area contributed by atoms with E-state index in [1.165, 1.54) is 5.56 Å². The van der Waals surface area contributed by atoms with Crippen molar-refractivity contribution >= 4 is 6.03 Å². The third-order valence-corrected chi connectivity index (χ3v) is 3.72. The van der Waals surface area contributed by atoms with Crippen LogP contribution in [0.25, 0.3) is 0 Å². The van der Waals surface area contributed by atoms with Gasteiger partial charge >= 0.3 is 6.03 Å². The molecule has 0 fully saturated rings. The Morgan fingerprint density at radius 3 is 2.08 bits per heavy atom. The molecule has 6 nitrogen and oxygen atoms in total. The lowest BCUT2D eigenvalue weighted by Gasteiger charge is -2.14. The minimum absolute atomic E-state index is 0.218. The quantitative estimate of drug-likeness (QED) is 0.773. The highest BCUT2D eigenvalue weighted by molar-refractivity contribution is 5.73. The second-order valence-electron chi connectivity index (χ2n) is 5.38. The van der Waals surface area contributed by atoms with Gasteiger partial charge in [0.25, 0.3) is 0 Å². The average Bonchev–Trinajstić information content (AvgIpc) is 2.66. The largest absolute Gasteiger partial charge is 0.493 e. The number of carbonyl (C=O) groups is 1. The van der Waals surface area contributed by atoms with E-state index in [0.717, 1.165) is 12.0 Å². The zero-order valence-electron chi connectivity index (χ0n) is 14.8. The van der Waals surface area contributed by atoms with Crippen molar-refractivity contribution in [3.63, 3.8) is 0 Å². The molecule has 0 heterocycles. The topological polar surface area (TPSA) is 68.8 Å². The predicted octanol–water partition coefficient (Wildman–Crippen LogP) is 2.75. The van der Waals surface area contributed by atoms with Crippen LogP contribution in [0.1, 0.15) is 11.1 Å². The predicted molar refractivity (Wildman–Crippen MR) is 96.5 cm³/mol. The van der Waals surface area contributed by atoms with Crippen LogP contribution in [0.4, 0.5) is 4.79 Å². The molecule has 0 atom stereocenters. The molecule has 6 heteroatoms. The molecule has 2 amide bonds. The van der Waals surface area contributed by atoms with E-state index in [1.54, 1.807) is 21.3 Å². The number of benzene rings is 2. The van der Waals surface area contributed by atoms with Crippen molar-refractivity contribution in [2.75, 3.05) is 27.9 Å². The normalized spacial score (nSPS) is 10.0. The summed E-state index contributed by atoms with van der Waals surface area (Å²) in [5.41, 5.74) is 2.04. The van der Waals surface area contributed by atoms with Gasteiger partial charge in [-0.25, -0.2) is 4.79 Å². The zero-order valence-corrected chi connectivity index (χ0v) is 14.8. The average molecular weight is 344 g/mol. The first-order valence-corrected chi connectivity index (χ1v) is 8.02. The summed E-state index contributed by atoms with van der Waals surface area (Å²) >= 11 is 0. The molecule has 134 valence electrons. The second-order valence-corrected chi connectivity index (χ2v) is 5.38. The van der Waals surface area contributed by atoms with Gasteiger partial charge in [0.15, 0.2) is 11.5 Å². The van der Waals surface area contributed by atoms with Gasteiger partial charge in [-0.2, -0.15) is 0 Å². The van der Waals surface area contributed by atoms with Gasteiger partial charge in [-0.3, -0.25) is 0 Å². The Morgan fingerprint density at radius 1 is 0.880 bits per heavy atom. The summed E-state index contributed by atoms with van der Waals surface area (Å²) in [6, 6.07) is 13.4. The van der Waals surface area contributed by atoms with Crippen molar-refractivity contribution in [3.05, 3.63) is 53.6 Å². The van der Waals surface area contributed by atoms with Gasteiger partial charge in [-0.05, 0) is 29.7 Å². The van der Waals surface area contributed by atoms with Crippen LogP contribution in [-0.2, 0) is 13.0 Å². The first kappa shape index (κ1) is 18.4. The van der Waals surface area contributed by atoms with Crippen molar-refractivity contribution in [2.24, 2.45) is 0 Å². The number of methoxy groups -OCH3 is 3. The second kappa shape index (κ2) is 9.42. The molecule has 0 spiro atoms. The number of nitrogens with one attached hydrogen (secondary N) is 2. The minimum atomic E-state index is -0.218. The first-order valence-electron chi connectivity index (χ1n) is 8.02. The summed E-state index contributed by atoms with van der Waals surface area (Å²) in [7, 11) is 4.67. The maximum Gasteiger partial charge on any atom is 0.315 e. The first-order chi connectivity index (χ1) is 12.2. The molecule has 0 saturated carbocycles. The molecular formula is C19H24N2O4. The summed E-state index contributed by atoms with van der Waals surface area (Å²) in [5, 5.41) is 5.67. The van der Waals surface area contributed by atoms with Gasteiger partial charge < -0.3 is 24.8 Å². The highest BCUT2D eigenvalue weighted by Gasteiger charge is 2.13. The maximum atomic E-state index is 11.9. The Kier molecular flexibility index (Phi) is 6.95. The van der Waals surface area contributed by atoms with E-state index in [4.69, 9.17) is 14.2 Å². The smallest absolute Gasteiger partial charge is 0.315 e. The Labute approximate surface area is 148 Å². The van der Waals surface area contributed by atoms with Crippen LogP contribution in [0, 0.1) is 0 Å². The van der Waals surface area contributed by atoms with Gasteiger partial charge in [-0.15, -0.1) is 0 Å². The highest BCUT2D eigenvalue weighted by Crippen LogP contribution is 2.38. The third kappa shape index (κ3) is 5.31. The lowest BCUT2D eigenvalue weighted by atomic mass is 10.1. The standard InChI is InChI=1S/C19H24N2O4/c1-23-16-11-15(12-17(24-2)18(16)25-3)13-21-19(22)20-10-9-14-7-5-4-6-8-14/h4-8,11-12H,9-10,13H2,1-3H3,(H2,20,21,22). The number of hydrogen-bond acceptors (Lipinski definition) is 4. The van der Waals surface area contributed by atoms with E-state index >= 15 is 0 Å². The summed E-state index contributed by atoms with van der Waals surface area (Å²) in [4.78, 5) is 11.9. The van der Waals surface area contributed by atoms with Crippen LogP contribution < -0.4 is 24.8 Å². The van der Waals surface area contributed by atoms with E-state index < -0.39 is 0 Å². The lowest BCUT2D eigenvalue weighted by molar-refractivity contribution is 0.240. The maximum absolute atomic E-state index is 11.9. The highest BCUT2D eigenvalue weighted by atomic mass is 16.5. The Hall–Kier alpha value is -2.89. The van der Waals surface area contributed by atoms with Crippen molar-refractivity contribution < 1.29 is 19.0 Å². The fraction of sp³-hybridized carbons (Fsp3) is 0.316. The number of amides is 2. The molecule has 2 N–H and O–H groups in total. The van der Waals surface area contributed by atoms with Crippen LogP contribution in [0.2, 0.25) is 0 Å². The van der Waals surface area contributed by atoms with E-state index in [9.17, 15) is 4.79 Å². The molecular weight excluding hydrogens is 320 g/mol. The minimum Gasteiger partial charge on any atom is -0.493 e. The van der Waals surface area contributed by atoms with Crippen LogP contribution in [-0.4, -0.2) is 33.9 Å². The molecule has 0 radical (unpaired) electrons. The Morgan fingerprint density at radius 2 is 1.52 bits per heavy atom. The van der Waals surface area contributed by atoms with Crippen LogP contribution >= 0.6 is 0 Å². The van der Waals surface area contributed by atoms with Crippen molar-refractivity contribution in [2.45, 2.75) is 13.0 Å². The molecule has 0 aliphatic heterocycles. The van der Waals surface area contributed by atoms with Gasteiger partial charge in [0.2, 0.25) is 5.75 Å². The van der Waals surface area contributed by atoms with Crippen molar-refractivity contribution in [3.8, 4) is 17.2 Å². The van der Waals surface area contributed by atoms with Gasteiger partial charge in [0.1, 0.15) is 0 Å². The summed E-state index contributed by atoms with van der Waals surface area (Å²) in [6.07, 6.45) is 0.790. The molecule has 2 aromatic carbocycles. The van der Waals surface area contributed by atoms with Gasteiger partial charge in [0, 0.05) is 13.1 Å². The van der Waals surface area contributed by atoms with E-state index in [1.807, 2.05) is 42.5 Å². The monoisotopic (exact) mass is 344 g/mol. The molecule has 2 aromatic rings. The number of rotatable bonds is 8. The fourth-order valence-corrected chi connectivity index (χ4v) is 2.45. The fourth-order valence-electron chi connectivity index (χ4n) is 2.45. The van der Waals surface area contributed by atoms with Crippen LogP contribution in [0.3, 0.4) is 0 Å². The van der Waals surface area contributed by atoms with Crippen molar-refractivity contribution in [1.29, 1.82) is 0 Å². The Balaban J connectivity index is 1.86. The molecule has 0 aromatic heterocycles. The number of ether oxygens (including phenoxy) is 3. The molecule has 0 saturated heterocycles. The summed E-state index contributed by atoms with van der Waals surface area (Å²) in [5.74, 6) is 1.65. The Bertz CT molecular complexity index is 664. The van der Waals surface area contributed by atoms with E-state index in [0.29, 0.717) is 30.3 Å². The van der Waals surface area contributed by atoms with E-state index in [2.05, 4.69) is 10.6 Å². The summed E-state index contributed by atoms with van der Waals surface area (Å²) in [6.45, 7) is 0.930. The number of hydrogen-bond donors (Lipinski definition) is 2. The molecule has 0 bridgehead atoms. The van der Waals surface area contributed by atoms with Crippen molar-refractivity contribution in [1.82, 2.24) is 10.6 Å². The number of urea groups is 1. The molecule has 0 aliphatic carbocycles. The molecule has 0 aliphatic rings. The molecule has 25 heavy (non-hydrogen) atoms. The van der Waals surface area contributed by atoms with Crippen LogP contribution in [0.15, 0.2) is 42.5 Å².